The van der Waals surface area contributed by atoms with Gasteiger partial charge in [0.1, 0.15) is 18.1 Å². The van der Waals surface area contributed by atoms with Crippen molar-refractivity contribution >= 4 is 21.6 Å². The van der Waals surface area contributed by atoms with Gasteiger partial charge in [0.2, 0.25) is 5.91 Å². The molecule has 1 N–H and O–H groups in total. The van der Waals surface area contributed by atoms with Gasteiger partial charge in [-0.05, 0) is 67.6 Å². The molecule has 0 bridgehead atoms. The van der Waals surface area contributed by atoms with Crippen molar-refractivity contribution in [3.63, 3.8) is 0 Å². The Hall–Kier alpha value is -3.46. The molecule has 162 valence electrons. The van der Waals surface area contributed by atoms with Gasteiger partial charge in [-0.1, -0.05) is 6.07 Å². The van der Waals surface area contributed by atoms with Crippen molar-refractivity contribution in [2.45, 2.75) is 18.4 Å². The molecule has 0 spiro atoms. The van der Waals surface area contributed by atoms with Crippen molar-refractivity contribution < 1.29 is 22.3 Å². The van der Waals surface area contributed by atoms with E-state index in [1.807, 2.05) is 6.92 Å². The molecule has 0 unspecified atom stereocenters. The fraction of sp³-hybridized carbons (Fsp3) is 0.182. The molecule has 1 aromatic heterocycles. The van der Waals surface area contributed by atoms with Crippen molar-refractivity contribution in [3.8, 4) is 5.75 Å². The zero-order chi connectivity index (χ0) is 22.3. The smallest absolute Gasteiger partial charge is 0.264 e. The second-order valence-corrected chi connectivity index (χ2v) is 8.35. The fourth-order valence-electron chi connectivity index (χ4n) is 2.80. The molecule has 0 saturated heterocycles. The van der Waals surface area contributed by atoms with Crippen LogP contribution in [0.15, 0.2) is 77.8 Å². The molecule has 3 rings (SSSR count). The minimum Gasteiger partial charge on any atom is -0.494 e. The number of hydrogen-bond acceptors (Lipinski definition) is 5. The minimum absolute atomic E-state index is 0.125. The molecule has 0 fully saturated rings. The summed E-state index contributed by atoms with van der Waals surface area (Å²) in [6, 6.07) is 16.1. The molecule has 1 amide bonds. The summed E-state index contributed by atoms with van der Waals surface area (Å²) < 4.78 is 46.2. The van der Waals surface area contributed by atoms with Crippen LogP contribution in [0.3, 0.4) is 0 Å². The van der Waals surface area contributed by atoms with E-state index in [4.69, 9.17) is 4.74 Å². The van der Waals surface area contributed by atoms with E-state index < -0.39 is 28.3 Å². The van der Waals surface area contributed by atoms with Gasteiger partial charge in [0.15, 0.2) is 0 Å². The summed E-state index contributed by atoms with van der Waals surface area (Å²) >= 11 is 0. The van der Waals surface area contributed by atoms with Gasteiger partial charge in [0, 0.05) is 6.20 Å². The molecule has 2 aromatic carbocycles. The minimum atomic E-state index is -4.12. The number of pyridine rings is 1. The summed E-state index contributed by atoms with van der Waals surface area (Å²) in [5.41, 5.74) is 0.922. The molecule has 0 aliphatic rings. The summed E-state index contributed by atoms with van der Waals surface area (Å²) in [6.07, 6.45) is 1.60. The molecule has 0 aliphatic heterocycles. The average molecular weight is 444 g/mol. The monoisotopic (exact) mass is 443 g/mol. The Morgan fingerprint density at radius 3 is 2.39 bits per heavy atom. The van der Waals surface area contributed by atoms with Gasteiger partial charge in [-0.2, -0.15) is 0 Å². The first kappa shape index (κ1) is 22.2. The molecular formula is C22H22FN3O4S. The van der Waals surface area contributed by atoms with E-state index in [1.54, 1.807) is 48.7 Å². The number of aromatic nitrogens is 1. The third-order valence-electron chi connectivity index (χ3n) is 4.32. The number of rotatable bonds is 9. The van der Waals surface area contributed by atoms with Gasteiger partial charge in [-0.25, -0.2) is 12.8 Å². The lowest BCUT2D eigenvalue weighted by atomic mass is 10.3. The number of nitrogens with one attached hydrogen (secondary N) is 1. The quantitative estimate of drug-likeness (QED) is 0.549. The molecule has 1 heterocycles. The first-order valence-electron chi connectivity index (χ1n) is 9.58. The van der Waals surface area contributed by atoms with Gasteiger partial charge >= 0.3 is 0 Å². The largest absolute Gasteiger partial charge is 0.494 e. The number of amides is 1. The van der Waals surface area contributed by atoms with Crippen LogP contribution in [0.1, 0.15) is 12.6 Å². The van der Waals surface area contributed by atoms with Crippen molar-refractivity contribution in [1.82, 2.24) is 10.3 Å². The maximum Gasteiger partial charge on any atom is 0.264 e. The van der Waals surface area contributed by atoms with E-state index in [9.17, 15) is 17.6 Å². The van der Waals surface area contributed by atoms with Crippen LogP contribution < -0.4 is 14.4 Å². The van der Waals surface area contributed by atoms with Crippen LogP contribution in [0.2, 0.25) is 0 Å². The number of benzene rings is 2. The number of sulfonamides is 1. The van der Waals surface area contributed by atoms with E-state index in [0.29, 0.717) is 18.1 Å². The van der Waals surface area contributed by atoms with Gasteiger partial charge < -0.3 is 10.1 Å². The van der Waals surface area contributed by atoms with Crippen LogP contribution in [0, 0.1) is 5.82 Å². The molecule has 0 saturated carbocycles. The first-order valence-corrected chi connectivity index (χ1v) is 11.0. The normalized spacial score (nSPS) is 11.0. The molecule has 31 heavy (non-hydrogen) atoms. The summed E-state index contributed by atoms with van der Waals surface area (Å²) in [6.45, 7) is 2.01. The van der Waals surface area contributed by atoms with Crippen LogP contribution in [-0.4, -0.2) is 32.5 Å². The first-order chi connectivity index (χ1) is 14.9. The lowest BCUT2D eigenvalue weighted by molar-refractivity contribution is -0.119. The molecule has 0 atom stereocenters. The highest BCUT2D eigenvalue weighted by molar-refractivity contribution is 7.92. The molecule has 0 aliphatic carbocycles. The zero-order valence-electron chi connectivity index (χ0n) is 16.9. The Morgan fingerprint density at radius 1 is 1.06 bits per heavy atom. The van der Waals surface area contributed by atoms with Crippen molar-refractivity contribution in [1.29, 1.82) is 0 Å². The highest BCUT2D eigenvalue weighted by Gasteiger charge is 2.27. The summed E-state index contributed by atoms with van der Waals surface area (Å²) in [7, 11) is -4.12. The standard InChI is InChI=1S/C22H22FN3O4S/c1-2-30-20-10-8-19(9-11-20)26(31(28,29)21-12-6-17(23)7-13-21)16-22(27)25-15-18-5-3-4-14-24-18/h3-14H,2,15-16H2,1H3,(H,25,27). The van der Waals surface area contributed by atoms with Crippen LogP contribution >= 0.6 is 0 Å². The van der Waals surface area contributed by atoms with Gasteiger partial charge in [0.25, 0.3) is 10.0 Å². The van der Waals surface area contributed by atoms with E-state index in [1.165, 1.54) is 0 Å². The number of ether oxygens (including phenoxy) is 1. The van der Waals surface area contributed by atoms with Crippen molar-refractivity contribution in [2.24, 2.45) is 0 Å². The Labute approximate surface area is 180 Å². The predicted molar refractivity (Wildman–Crippen MR) is 115 cm³/mol. The van der Waals surface area contributed by atoms with Crippen molar-refractivity contribution in [2.75, 3.05) is 17.5 Å². The predicted octanol–water partition coefficient (Wildman–Crippen LogP) is 3.13. The number of anilines is 1. The Morgan fingerprint density at radius 2 is 1.77 bits per heavy atom. The molecule has 9 heteroatoms. The number of nitrogens with zero attached hydrogens (tertiary/aromatic N) is 2. The van der Waals surface area contributed by atoms with E-state index in [-0.39, 0.29) is 17.1 Å². The van der Waals surface area contributed by atoms with Gasteiger partial charge in [-0.3, -0.25) is 14.1 Å². The van der Waals surface area contributed by atoms with Crippen LogP contribution in [0.25, 0.3) is 0 Å². The molecule has 3 aromatic rings. The van der Waals surface area contributed by atoms with Crippen molar-refractivity contribution in [3.05, 3.63) is 84.4 Å². The van der Waals surface area contributed by atoms with Crippen LogP contribution in [0.4, 0.5) is 10.1 Å². The number of carbonyl (C=O) groups excluding carboxylic acids is 1. The SMILES string of the molecule is CCOc1ccc(N(CC(=O)NCc2ccccn2)S(=O)(=O)c2ccc(F)cc2)cc1. The zero-order valence-corrected chi connectivity index (χ0v) is 17.7. The van der Waals surface area contributed by atoms with Gasteiger partial charge in [-0.15, -0.1) is 0 Å². The lowest BCUT2D eigenvalue weighted by Crippen LogP contribution is -2.40. The van der Waals surface area contributed by atoms with Crippen LogP contribution in [-0.2, 0) is 21.4 Å². The maximum absolute atomic E-state index is 13.3. The average Bonchev–Trinajstić information content (AvgIpc) is 2.78. The maximum atomic E-state index is 13.3. The summed E-state index contributed by atoms with van der Waals surface area (Å²) in [5, 5.41) is 2.67. The summed E-state index contributed by atoms with van der Waals surface area (Å²) in [4.78, 5) is 16.6. The number of hydrogen-bond donors (Lipinski definition) is 1. The third-order valence-corrected chi connectivity index (χ3v) is 6.11. The van der Waals surface area contributed by atoms with Gasteiger partial charge in [0.05, 0.1) is 29.4 Å². The molecule has 0 radical (unpaired) electrons. The topological polar surface area (TPSA) is 88.6 Å². The second kappa shape index (κ2) is 10.0. The van der Waals surface area contributed by atoms with Crippen LogP contribution in [0.5, 0.6) is 5.75 Å². The lowest BCUT2D eigenvalue weighted by Gasteiger charge is -2.24. The highest BCUT2D eigenvalue weighted by Crippen LogP contribution is 2.26. The summed E-state index contributed by atoms with van der Waals surface area (Å²) in [5.74, 6) is -0.491. The fourth-order valence-corrected chi connectivity index (χ4v) is 4.22. The second-order valence-electron chi connectivity index (χ2n) is 6.49. The molecular weight excluding hydrogens is 421 g/mol. The molecule has 7 nitrogen and oxygen atoms in total. The third kappa shape index (κ3) is 5.79. The number of carbonyl (C=O) groups is 1. The Bertz CT molecular complexity index is 1110. The van der Waals surface area contributed by atoms with E-state index >= 15 is 0 Å². The number of halogens is 1. The Balaban J connectivity index is 1.86. The Kier molecular flexibility index (Phi) is 7.19. The van der Waals surface area contributed by atoms with E-state index in [2.05, 4.69) is 10.3 Å². The highest BCUT2D eigenvalue weighted by atomic mass is 32.2. The van der Waals surface area contributed by atoms with E-state index in [0.717, 1.165) is 28.6 Å².